The molecular formula is C11H20N2O3. The van der Waals surface area contributed by atoms with E-state index in [1.54, 1.807) is 0 Å². The van der Waals surface area contributed by atoms with Crippen molar-refractivity contribution in [2.45, 2.75) is 31.4 Å². The second kappa shape index (κ2) is 5.61. The quantitative estimate of drug-likeness (QED) is 0.692. The van der Waals surface area contributed by atoms with Crippen molar-refractivity contribution >= 4 is 5.91 Å². The van der Waals surface area contributed by atoms with Gasteiger partial charge in [0.1, 0.15) is 0 Å². The first-order valence-electron chi connectivity index (χ1n) is 6.00. The molecule has 0 aromatic heterocycles. The van der Waals surface area contributed by atoms with Crippen molar-refractivity contribution in [1.29, 1.82) is 0 Å². The van der Waals surface area contributed by atoms with Crippen molar-refractivity contribution in [1.82, 2.24) is 5.32 Å². The fraction of sp³-hybridized carbons (Fsp3) is 0.909. The summed E-state index contributed by atoms with van der Waals surface area (Å²) in [5.74, 6) is 0.0590. The zero-order valence-corrected chi connectivity index (χ0v) is 9.48. The summed E-state index contributed by atoms with van der Waals surface area (Å²) in [6.45, 7) is 2.36. The maximum absolute atomic E-state index is 11.8. The van der Waals surface area contributed by atoms with Crippen molar-refractivity contribution in [3.63, 3.8) is 0 Å². The van der Waals surface area contributed by atoms with E-state index in [2.05, 4.69) is 5.32 Å². The third kappa shape index (κ3) is 2.93. The summed E-state index contributed by atoms with van der Waals surface area (Å²) in [5, 5.41) is 2.90. The number of hydrogen-bond acceptors (Lipinski definition) is 4. The van der Waals surface area contributed by atoms with Gasteiger partial charge < -0.3 is 20.5 Å². The Morgan fingerprint density at radius 3 is 2.88 bits per heavy atom. The second-order valence-electron chi connectivity index (χ2n) is 4.51. The molecule has 5 heteroatoms. The van der Waals surface area contributed by atoms with Gasteiger partial charge in [0, 0.05) is 12.6 Å². The van der Waals surface area contributed by atoms with E-state index >= 15 is 0 Å². The molecule has 1 aliphatic heterocycles. The molecule has 3 N–H and O–H groups in total. The summed E-state index contributed by atoms with van der Waals surface area (Å²) >= 11 is 0. The Morgan fingerprint density at radius 2 is 2.25 bits per heavy atom. The van der Waals surface area contributed by atoms with Crippen LogP contribution in [0.5, 0.6) is 0 Å². The normalized spacial score (nSPS) is 34.9. The van der Waals surface area contributed by atoms with Crippen LogP contribution in [0.2, 0.25) is 0 Å². The topological polar surface area (TPSA) is 73.6 Å². The molecule has 1 saturated heterocycles. The first-order valence-corrected chi connectivity index (χ1v) is 6.00. The van der Waals surface area contributed by atoms with E-state index in [4.69, 9.17) is 15.2 Å². The van der Waals surface area contributed by atoms with Crippen LogP contribution < -0.4 is 11.1 Å². The summed E-state index contributed by atoms with van der Waals surface area (Å²) in [5.41, 5.74) is 5.87. The SMILES string of the molecule is NC1CCCC1C(=O)NCC1COCCO1. The molecular weight excluding hydrogens is 208 g/mol. The van der Waals surface area contributed by atoms with Crippen molar-refractivity contribution in [2.75, 3.05) is 26.4 Å². The van der Waals surface area contributed by atoms with E-state index in [9.17, 15) is 4.79 Å². The molecule has 92 valence electrons. The molecule has 0 radical (unpaired) electrons. The van der Waals surface area contributed by atoms with Crippen LogP contribution in [0.15, 0.2) is 0 Å². The smallest absolute Gasteiger partial charge is 0.224 e. The van der Waals surface area contributed by atoms with Gasteiger partial charge >= 0.3 is 0 Å². The molecule has 0 aromatic carbocycles. The summed E-state index contributed by atoms with van der Waals surface area (Å²) in [7, 11) is 0. The minimum absolute atomic E-state index is 0.00433. The minimum Gasteiger partial charge on any atom is -0.376 e. The average Bonchev–Trinajstić information content (AvgIpc) is 2.74. The molecule has 1 saturated carbocycles. The van der Waals surface area contributed by atoms with E-state index < -0.39 is 0 Å². The zero-order chi connectivity index (χ0) is 11.4. The lowest BCUT2D eigenvalue weighted by molar-refractivity contribution is -0.127. The molecule has 3 unspecified atom stereocenters. The third-order valence-electron chi connectivity index (χ3n) is 3.30. The van der Waals surface area contributed by atoms with Crippen LogP contribution in [0.4, 0.5) is 0 Å². The Bertz CT molecular complexity index is 241. The number of rotatable bonds is 3. The Balaban J connectivity index is 1.70. The number of carbonyl (C=O) groups is 1. The Kier molecular flexibility index (Phi) is 4.15. The van der Waals surface area contributed by atoms with Crippen LogP contribution >= 0.6 is 0 Å². The van der Waals surface area contributed by atoms with Gasteiger partial charge in [0.15, 0.2) is 0 Å². The molecule has 5 nitrogen and oxygen atoms in total. The van der Waals surface area contributed by atoms with Crippen LogP contribution in [-0.4, -0.2) is 44.4 Å². The van der Waals surface area contributed by atoms with Gasteiger partial charge in [-0.1, -0.05) is 6.42 Å². The van der Waals surface area contributed by atoms with Gasteiger partial charge in [0.2, 0.25) is 5.91 Å². The number of carbonyl (C=O) groups excluding carboxylic acids is 1. The van der Waals surface area contributed by atoms with Crippen LogP contribution in [0.25, 0.3) is 0 Å². The summed E-state index contributed by atoms with van der Waals surface area (Å²) in [6, 6.07) is 0.0310. The van der Waals surface area contributed by atoms with E-state index in [1.807, 2.05) is 0 Å². The van der Waals surface area contributed by atoms with Crippen LogP contribution in [0.3, 0.4) is 0 Å². The number of hydrogen-bond donors (Lipinski definition) is 2. The summed E-state index contributed by atoms with van der Waals surface area (Å²) < 4.78 is 10.7. The lowest BCUT2D eigenvalue weighted by atomic mass is 10.0. The molecule has 2 aliphatic rings. The van der Waals surface area contributed by atoms with Gasteiger partial charge in [-0.2, -0.15) is 0 Å². The van der Waals surface area contributed by atoms with Crippen molar-refractivity contribution < 1.29 is 14.3 Å². The number of amides is 1. The first kappa shape index (κ1) is 11.8. The van der Waals surface area contributed by atoms with Gasteiger partial charge in [-0.15, -0.1) is 0 Å². The molecule has 0 aromatic rings. The van der Waals surface area contributed by atoms with Gasteiger partial charge in [0.25, 0.3) is 0 Å². The largest absolute Gasteiger partial charge is 0.376 e. The van der Waals surface area contributed by atoms with Gasteiger partial charge in [0.05, 0.1) is 31.8 Å². The number of ether oxygens (including phenoxy) is 2. The van der Waals surface area contributed by atoms with E-state index in [0.29, 0.717) is 26.4 Å². The summed E-state index contributed by atoms with van der Waals surface area (Å²) in [4.78, 5) is 11.8. The standard InChI is InChI=1S/C11H20N2O3/c12-10-3-1-2-9(10)11(14)13-6-8-7-15-4-5-16-8/h8-10H,1-7,12H2,(H,13,14). The van der Waals surface area contributed by atoms with Crippen molar-refractivity contribution in [2.24, 2.45) is 11.7 Å². The Morgan fingerprint density at radius 1 is 1.38 bits per heavy atom. The zero-order valence-electron chi connectivity index (χ0n) is 9.48. The molecule has 1 heterocycles. The van der Waals surface area contributed by atoms with Gasteiger partial charge in [-0.05, 0) is 12.8 Å². The highest BCUT2D eigenvalue weighted by Gasteiger charge is 2.30. The molecule has 16 heavy (non-hydrogen) atoms. The predicted octanol–water partition coefficient (Wildman–Crippen LogP) is -0.355. The monoisotopic (exact) mass is 228 g/mol. The van der Waals surface area contributed by atoms with Crippen molar-refractivity contribution in [3.8, 4) is 0 Å². The lowest BCUT2D eigenvalue weighted by Crippen LogP contribution is -2.44. The van der Waals surface area contributed by atoms with Gasteiger partial charge in [-0.25, -0.2) is 0 Å². The fourth-order valence-electron chi connectivity index (χ4n) is 2.31. The molecule has 1 amide bonds. The second-order valence-corrected chi connectivity index (χ2v) is 4.51. The highest BCUT2D eigenvalue weighted by atomic mass is 16.6. The minimum atomic E-state index is -0.00971. The third-order valence-corrected chi connectivity index (χ3v) is 3.30. The maximum atomic E-state index is 11.8. The highest BCUT2D eigenvalue weighted by Crippen LogP contribution is 2.23. The predicted molar refractivity (Wildman–Crippen MR) is 58.9 cm³/mol. The molecule has 1 aliphatic carbocycles. The van der Waals surface area contributed by atoms with E-state index in [1.165, 1.54) is 0 Å². The van der Waals surface area contributed by atoms with Crippen LogP contribution in [0, 0.1) is 5.92 Å². The Hall–Kier alpha value is -0.650. The van der Waals surface area contributed by atoms with Crippen LogP contribution in [0.1, 0.15) is 19.3 Å². The molecule has 2 rings (SSSR count). The van der Waals surface area contributed by atoms with Crippen LogP contribution in [-0.2, 0) is 14.3 Å². The number of nitrogens with one attached hydrogen (secondary N) is 1. The van der Waals surface area contributed by atoms with E-state index in [-0.39, 0.29) is 24.0 Å². The molecule has 0 spiro atoms. The van der Waals surface area contributed by atoms with Gasteiger partial charge in [-0.3, -0.25) is 4.79 Å². The Labute approximate surface area is 95.7 Å². The van der Waals surface area contributed by atoms with E-state index in [0.717, 1.165) is 19.3 Å². The maximum Gasteiger partial charge on any atom is 0.224 e. The average molecular weight is 228 g/mol. The number of nitrogens with two attached hydrogens (primary N) is 1. The van der Waals surface area contributed by atoms with Crippen molar-refractivity contribution in [3.05, 3.63) is 0 Å². The summed E-state index contributed by atoms with van der Waals surface area (Å²) in [6.07, 6.45) is 2.92. The highest BCUT2D eigenvalue weighted by molar-refractivity contribution is 5.79. The lowest BCUT2D eigenvalue weighted by Gasteiger charge is -2.24. The first-order chi connectivity index (χ1) is 7.77. The fourth-order valence-corrected chi connectivity index (χ4v) is 2.31. The molecule has 0 bridgehead atoms. The molecule has 3 atom stereocenters. The molecule has 2 fully saturated rings.